The molecule has 2 aromatic carbocycles. The van der Waals surface area contributed by atoms with E-state index in [9.17, 15) is 4.79 Å². The van der Waals surface area contributed by atoms with Crippen LogP contribution in [0.4, 0.5) is 0 Å². The zero-order valence-electron chi connectivity index (χ0n) is 17.0. The van der Waals surface area contributed by atoms with E-state index in [2.05, 4.69) is 38.6 Å². The van der Waals surface area contributed by atoms with Crippen LogP contribution in [0, 0.1) is 6.92 Å². The second kappa shape index (κ2) is 9.14. The molecule has 138 valence electrons. The first-order valence-corrected chi connectivity index (χ1v) is 9.24. The summed E-state index contributed by atoms with van der Waals surface area (Å²) in [6.45, 7) is 14.1. The average Bonchev–Trinajstić information content (AvgIpc) is 2.66. The molecular formula is C26H28O. The Morgan fingerprint density at radius 1 is 0.889 bits per heavy atom. The van der Waals surface area contributed by atoms with Crippen molar-refractivity contribution in [3.63, 3.8) is 0 Å². The first kappa shape index (κ1) is 20.4. The lowest BCUT2D eigenvalue weighted by Crippen LogP contribution is -2.06. The van der Waals surface area contributed by atoms with E-state index < -0.39 is 0 Å². The summed E-state index contributed by atoms with van der Waals surface area (Å²) in [5.41, 5.74) is 7.84. The molecule has 0 fully saturated rings. The van der Waals surface area contributed by atoms with Gasteiger partial charge in [-0.25, -0.2) is 0 Å². The molecule has 0 saturated carbocycles. The Kier molecular flexibility index (Phi) is 6.90. The first-order chi connectivity index (χ1) is 12.9. The molecule has 0 unspecified atom stereocenters. The first-order valence-electron chi connectivity index (χ1n) is 9.24. The lowest BCUT2D eigenvalue weighted by molar-refractivity contribution is -0.113. The summed E-state index contributed by atoms with van der Waals surface area (Å²) in [4.78, 5) is 12.7. The Bertz CT molecular complexity index is 937. The molecule has 0 N–H and O–H groups in total. The molecule has 0 heterocycles. The molecule has 0 amide bonds. The topological polar surface area (TPSA) is 17.1 Å². The van der Waals surface area contributed by atoms with Crippen LogP contribution in [0.1, 0.15) is 44.4 Å². The molecule has 2 aromatic rings. The molecule has 0 bridgehead atoms. The number of rotatable bonds is 6. The fraction of sp³-hybridized carbons (Fsp3) is 0.192. The number of allylic oxidation sites excluding steroid dienone is 6. The second-order valence-electron chi connectivity index (χ2n) is 6.81. The Morgan fingerprint density at radius 3 is 2.04 bits per heavy atom. The highest BCUT2D eigenvalue weighted by Gasteiger charge is 2.18. The van der Waals surface area contributed by atoms with Crippen LogP contribution in [0.3, 0.4) is 0 Å². The Labute approximate surface area is 163 Å². The highest BCUT2D eigenvalue weighted by molar-refractivity contribution is 6.09. The van der Waals surface area contributed by atoms with Crippen molar-refractivity contribution in [2.75, 3.05) is 0 Å². The van der Waals surface area contributed by atoms with Crippen LogP contribution in [0.2, 0.25) is 0 Å². The van der Waals surface area contributed by atoms with Gasteiger partial charge < -0.3 is 0 Å². The minimum absolute atomic E-state index is 0.0179. The van der Waals surface area contributed by atoms with Crippen LogP contribution < -0.4 is 0 Å². The van der Waals surface area contributed by atoms with Crippen LogP contribution in [0.25, 0.3) is 5.57 Å². The SMILES string of the molecule is C=C(/C=C(C)/C(C)=C/C)/C(C(C)=O)=C(\c1ccccc1)c1ccccc1C. The van der Waals surface area contributed by atoms with Crippen LogP contribution in [0.15, 0.2) is 95.6 Å². The number of ketones is 1. The van der Waals surface area contributed by atoms with E-state index in [0.717, 1.165) is 33.4 Å². The van der Waals surface area contributed by atoms with Gasteiger partial charge in [0.05, 0.1) is 0 Å². The van der Waals surface area contributed by atoms with Gasteiger partial charge in [0.15, 0.2) is 5.78 Å². The summed E-state index contributed by atoms with van der Waals surface area (Å²) in [6.07, 6.45) is 4.07. The third kappa shape index (κ3) is 4.83. The third-order valence-electron chi connectivity index (χ3n) is 4.85. The van der Waals surface area contributed by atoms with E-state index in [4.69, 9.17) is 0 Å². The number of aryl methyl sites for hydroxylation is 1. The maximum Gasteiger partial charge on any atom is 0.161 e. The van der Waals surface area contributed by atoms with Gasteiger partial charge in [-0.1, -0.05) is 78.9 Å². The number of benzene rings is 2. The monoisotopic (exact) mass is 356 g/mol. The van der Waals surface area contributed by atoms with E-state index in [0.29, 0.717) is 5.57 Å². The minimum Gasteiger partial charge on any atom is -0.294 e. The number of hydrogen-bond donors (Lipinski definition) is 0. The zero-order chi connectivity index (χ0) is 20.0. The summed E-state index contributed by atoms with van der Waals surface area (Å²) in [7, 11) is 0. The maximum absolute atomic E-state index is 12.7. The molecule has 0 aromatic heterocycles. The van der Waals surface area contributed by atoms with Gasteiger partial charge in [-0.05, 0) is 62.5 Å². The van der Waals surface area contributed by atoms with Gasteiger partial charge in [0.1, 0.15) is 0 Å². The molecule has 0 saturated heterocycles. The molecule has 0 spiro atoms. The number of carbonyl (C=O) groups excluding carboxylic acids is 1. The fourth-order valence-corrected chi connectivity index (χ4v) is 3.13. The van der Waals surface area contributed by atoms with Crippen molar-refractivity contribution in [1.29, 1.82) is 0 Å². The predicted octanol–water partition coefficient (Wildman–Crippen LogP) is 6.85. The van der Waals surface area contributed by atoms with Gasteiger partial charge in [0, 0.05) is 11.1 Å². The standard InChI is InChI=1S/C26H28O/c1-7-18(2)20(4)17-21(5)25(22(6)27)26(23-14-9-8-10-15-23)24-16-12-11-13-19(24)3/h7-17H,5H2,1-4,6H3/b18-7+,20-17+,26-25-. The lowest BCUT2D eigenvalue weighted by atomic mass is 9.85. The minimum atomic E-state index is 0.0179. The molecule has 27 heavy (non-hydrogen) atoms. The van der Waals surface area contributed by atoms with E-state index in [1.54, 1.807) is 6.92 Å². The Balaban J connectivity index is 2.82. The van der Waals surface area contributed by atoms with Crippen molar-refractivity contribution < 1.29 is 4.79 Å². The predicted molar refractivity (Wildman–Crippen MR) is 117 cm³/mol. The Morgan fingerprint density at radius 2 is 1.48 bits per heavy atom. The summed E-state index contributed by atoms with van der Waals surface area (Å²) < 4.78 is 0. The van der Waals surface area contributed by atoms with E-state index >= 15 is 0 Å². The van der Waals surface area contributed by atoms with Crippen molar-refractivity contribution in [3.8, 4) is 0 Å². The van der Waals surface area contributed by atoms with Crippen molar-refractivity contribution in [1.82, 2.24) is 0 Å². The van der Waals surface area contributed by atoms with Gasteiger partial charge in [-0.3, -0.25) is 4.79 Å². The second-order valence-corrected chi connectivity index (χ2v) is 6.81. The summed E-state index contributed by atoms with van der Waals surface area (Å²) in [5.74, 6) is 0.0179. The van der Waals surface area contributed by atoms with Gasteiger partial charge in [-0.2, -0.15) is 0 Å². The number of Topliss-reactive ketones (excluding diaryl/α,β-unsaturated/α-hetero) is 1. The van der Waals surface area contributed by atoms with E-state index in [1.807, 2.05) is 62.4 Å². The highest BCUT2D eigenvalue weighted by atomic mass is 16.1. The van der Waals surface area contributed by atoms with Crippen molar-refractivity contribution in [2.45, 2.75) is 34.6 Å². The largest absolute Gasteiger partial charge is 0.294 e. The van der Waals surface area contributed by atoms with E-state index in [1.165, 1.54) is 5.57 Å². The van der Waals surface area contributed by atoms with Crippen molar-refractivity contribution in [3.05, 3.63) is 112 Å². The fourth-order valence-electron chi connectivity index (χ4n) is 3.13. The third-order valence-corrected chi connectivity index (χ3v) is 4.85. The summed E-state index contributed by atoms with van der Waals surface area (Å²) in [6, 6.07) is 18.3. The average molecular weight is 357 g/mol. The molecule has 0 aliphatic heterocycles. The van der Waals surface area contributed by atoms with Crippen LogP contribution in [0.5, 0.6) is 0 Å². The lowest BCUT2D eigenvalue weighted by Gasteiger charge is -2.17. The highest BCUT2D eigenvalue weighted by Crippen LogP contribution is 2.33. The zero-order valence-corrected chi connectivity index (χ0v) is 17.0. The quantitative estimate of drug-likeness (QED) is 0.408. The normalized spacial score (nSPS) is 13.2. The van der Waals surface area contributed by atoms with Crippen LogP contribution in [-0.2, 0) is 4.79 Å². The maximum atomic E-state index is 12.7. The van der Waals surface area contributed by atoms with Gasteiger partial charge in [-0.15, -0.1) is 0 Å². The van der Waals surface area contributed by atoms with Crippen LogP contribution in [-0.4, -0.2) is 5.78 Å². The van der Waals surface area contributed by atoms with E-state index in [-0.39, 0.29) is 5.78 Å². The number of carbonyl (C=O) groups is 1. The molecule has 0 aliphatic carbocycles. The van der Waals surface area contributed by atoms with Crippen molar-refractivity contribution >= 4 is 11.4 Å². The molecule has 1 heteroatoms. The smallest absolute Gasteiger partial charge is 0.161 e. The summed E-state index contributed by atoms with van der Waals surface area (Å²) >= 11 is 0. The molecule has 0 atom stereocenters. The van der Waals surface area contributed by atoms with Crippen LogP contribution >= 0.6 is 0 Å². The molecular weight excluding hydrogens is 328 g/mol. The van der Waals surface area contributed by atoms with Gasteiger partial charge in [0.25, 0.3) is 0 Å². The molecule has 2 rings (SSSR count). The Hall–Kier alpha value is -2.93. The molecule has 0 radical (unpaired) electrons. The van der Waals surface area contributed by atoms with Gasteiger partial charge >= 0.3 is 0 Å². The number of hydrogen-bond acceptors (Lipinski definition) is 1. The van der Waals surface area contributed by atoms with Gasteiger partial charge in [0.2, 0.25) is 0 Å². The summed E-state index contributed by atoms with van der Waals surface area (Å²) in [5, 5.41) is 0. The molecule has 0 aliphatic rings. The van der Waals surface area contributed by atoms with Crippen molar-refractivity contribution in [2.24, 2.45) is 0 Å². The molecule has 1 nitrogen and oxygen atoms in total.